The zero-order chi connectivity index (χ0) is 17.6. The van der Waals surface area contributed by atoms with Gasteiger partial charge in [0, 0.05) is 31.7 Å². The molecule has 1 N–H and O–H groups in total. The molecule has 1 atom stereocenters. The van der Waals surface area contributed by atoms with Crippen LogP contribution in [0.1, 0.15) is 49.5 Å². The third-order valence-corrected chi connectivity index (χ3v) is 4.95. The van der Waals surface area contributed by atoms with E-state index in [-0.39, 0.29) is 30.1 Å². The van der Waals surface area contributed by atoms with Gasteiger partial charge in [-0.1, -0.05) is 0 Å². The quantitative estimate of drug-likeness (QED) is 0.868. The van der Waals surface area contributed by atoms with Crippen molar-refractivity contribution in [1.29, 1.82) is 0 Å². The predicted octanol–water partition coefficient (Wildman–Crippen LogP) is 1.37. The number of carbonyl (C=O) groups excluding carboxylic acids is 1. The minimum absolute atomic E-state index is 0.0318. The second-order valence-electron chi connectivity index (χ2n) is 6.91. The summed E-state index contributed by atoms with van der Waals surface area (Å²) in [5, 5.41) is 0. The van der Waals surface area contributed by atoms with Crippen LogP contribution in [0.15, 0.2) is 10.9 Å². The van der Waals surface area contributed by atoms with Crippen LogP contribution in [-0.4, -0.2) is 59.8 Å². The largest absolute Gasteiger partial charge is 0.376 e. The average Bonchev–Trinajstić information content (AvgIpc) is 2.62. The number of nitrogens with one attached hydrogen (secondary N) is 1. The van der Waals surface area contributed by atoms with E-state index < -0.39 is 0 Å². The Morgan fingerprint density at radius 1 is 1.36 bits per heavy atom. The molecule has 7 nitrogen and oxygen atoms in total. The molecule has 0 aromatic carbocycles. The van der Waals surface area contributed by atoms with E-state index >= 15 is 0 Å². The van der Waals surface area contributed by atoms with Crippen molar-refractivity contribution in [2.45, 2.75) is 51.0 Å². The lowest BCUT2D eigenvalue weighted by atomic mass is 9.93. The first kappa shape index (κ1) is 18.1. The predicted molar refractivity (Wildman–Crippen MR) is 92.6 cm³/mol. The van der Waals surface area contributed by atoms with Crippen LogP contribution < -0.4 is 5.56 Å². The van der Waals surface area contributed by atoms with Gasteiger partial charge in [0.15, 0.2) is 0 Å². The number of piperidine rings is 1. The molecule has 7 heteroatoms. The number of nitrogens with zero attached hydrogens (tertiary/aromatic N) is 2. The lowest BCUT2D eigenvalue weighted by Crippen LogP contribution is -2.40. The second-order valence-corrected chi connectivity index (χ2v) is 6.91. The molecule has 25 heavy (non-hydrogen) atoms. The van der Waals surface area contributed by atoms with Gasteiger partial charge in [-0.2, -0.15) is 0 Å². The smallest absolute Gasteiger partial charge is 0.251 e. The molecule has 0 radical (unpaired) electrons. The number of hydrogen-bond acceptors (Lipinski definition) is 5. The van der Waals surface area contributed by atoms with Crippen molar-refractivity contribution >= 4 is 5.91 Å². The molecule has 138 valence electrons. The number of aryl methyl sites for hydroxylation is 1. The maximum Gasteiger partial charge on any atom is 0.251 e. The van der Waals surface area contributed by atoms with Gasteiger partial charge in [-0.25, -0.2) is 4.98 Å². The first-order valence-corrected chi connectivity index (χ1v) is 9.17. The Bertz CT molecular complexity index is 631. The molecule has 2 aliphatic heterocycles. The Balaban J connectivity index is 1.42. The van der Waals surface area contributed by atoms with Gasteiger partial charge in [0.05, 0.1) is 18.4 Å². The van der Waals surface area contributed by atoms with Crippen molar-refractivity contribution in [2.75, 3.05) is 32.9 Å². The van der Waals surface area contributed by atoms with E-state index in [0.717, 1.165) is 38.0 Å². The lowest BCUT2D eigenvalue weighted by Gasteiger charge is -2.32. The number of amides is 1. The second kappa shape index (κ2) is 8.58. The van der Waals surface area contributed by atoms with E-state index in [4.69, 9.17) is 9.47 Å². The molecule has 1 aromatic heterocycles. The Morgan fingerprint density at radius 2 is 2.16 bits per heavy atom. The molecule has 0 spiro atoms. The molecule has 1 unspecified atom stereocenters. The van der Waals surface area contributed by atoms with Crippen LogP contribution in [-0.2, 0) is 14.3 Å². The summed E-state index contributed by atoms with van der Waals surface area (Å²) in [4.78, 5) is 32.8. The van der Waals surface area contributed by atoms with Crippen LogP contribution in [0.5, 0.6) is 0 Å². The fourth-order valence-corrected chi connectivity index (χ4v) is 3.54. The van der Waals surface area contributed by atoms with Crippen LogP contribution in [0.4, 0.5) is 0 Å². The summed E-state index contributed by atoms with van der Waals surface area (Å²) in [6, 6.07) is 1.57. The van der Waals surface area contributed by atoms with Crippen LogP contribution in [0.25, 0.3) is 0 Å². The van der Waals surface area contributed by atoms with Gasteiger partial charge in [0.1, 0.15) is 12.4 Å². The first-order chi connectivity index (χ1) is 12.1. The van der Waals surface area contributed by atoms with Gasteiger partial charge in [0.25, 0.3) is 5.56 Å². The third kappa shape index (κ3) is 5.12. The number of likely N-dealkylation sites (tertiary alicyclic amines) is 1. The van der Waals surface area contributed by atoms with Crippen LogP contribution in [0.2, 0.25) is 0 Å². The fraction of sp³-hybridized carbons (Fsp3) is 0.722. The molecular weight excluding hydrogens is 322 g/mol. The number of aromatic amines is 1. The monoisotopic (exact) mass is 349 g/mol. The Morgan fingerprint density at radius 3 is 2.84 bits per heavy atom. The topological polar surface area (TPSA) is 84.5 Å². The van der Waals surface area contributed by atoms with Gasteiger partial charge in [0.2, 0.25) is 5.91 Å². The summed E-state index contributed by atoms with van der Waals surface area (Å²) in [5.41, 5.74) is 0.721. The first-order valence-electron chi connectivity index (χ1n) is 9.17. The van der Waals surface area contributed by atoms with Gasteiger partial charge >= 0.3 is 0 Å². The highest BCUT2D eigenvalue weighted by Crippen LogP contribution is 2.26. The van der Waals surface area contributed by atoms with Crippen molar-refractivity contribution in [1.82, 2.24) is 14.9 Å². The number of aromatic nitrogens is 2. The van der Waals surface area contributed by atoms with Gasteiger partial charge < -0.3 is 19.4 Å². The number of rotatable bonds is 5. The maximum atomic E-state index is 12.3. The van der Waals surface area contributed by atoms with Gasteiger partial charge in [-0.15, -0.1) is 0 Å². The van der Waals surface area contributed by atoms with Crippen molar-refractivity contribution in [3.05, 3.63) is 27.9 Å². The maximum absolute atomic E-state index is 12.3. The summed E-state index contributed by atoms with van der Waals surface area (Å²) in [7, 11) is 0. The number of hydrogen-bond donors (Lipinski definition) is 1. The van der Waals surface area contributed by atoms with Crippen LogP contribution in [0, 0.1) is 6.92 Å². The SMILES string of the molecule is Cc1nc(C2CCN(C(=O)COCC3CCCCO3)CC2)cc(=O)[nH]1. The molecule has 2 aliphatic rings. The average molecular weight is 349 g/mol. The number of H-pyrrole nitrogens is 1. The molecule has 2 fully saturated rings. The minimum atomic E-state index is -0.112. The standard InChI is InChI=1S/C18H27N3O4/c1-13-19-16(10-17(22)20-13)14-5-7-21(8-6-14)18(23)12-24-11-15-4-2-3-9-25-15/h10,14-15H,2-9,11-12H2,1H3,(H,19,20,22). The molecule has 3 rings (SSSR count). The van der Waals surface area contributed by atoms with E-state index in [1.165, 1.54) is 6.42 Å². The summed E-state index contributed by atoms with van der Waals surface area (Å²) >= 11 is 0. The Labute approximate surface area is 147 Å². The van der Waals surface area contributed by atoms with Crippen molar-refractivity contribution in [2.24, 2.45) is 0 Å². The lowest BCUT2D eigenvalue weighted by molar-refractivity contribution is -0.139. The highest BCUT2D eigenvalue weighted by Gasteiger charge is 2.25. The van der Waals surface area contributed by atoms with Crippen molar-refractivity contribution in [3.8, 4) is 0 Å². The van der Waals surface area contributed by atoms with Crippen molar-refractivity contribution in [3.63, 3.8) is 0 Å². The van der Waals surface area contributed by atoms with E-state index in [1.807, 2.05) is 4.90 Å². The molecule has 0 bridgehead atoms. The van der Waals surface area contributed by atoms with E-state index in [9.17, 15) is 9.59 Å². The molecule has 0 aliphatic carbocycles. The molecule has 1 amide bonds. The number of ether oxygens (including phenoxy) is 2. The van der Waals surface area contributed by atoms with Gasteiger partial charge in [-0.3, -0.25) is 9.59 Å². The highest BCUT2D eigenvalue weighted by molar-refractivity contribution is 5.77. The third-order valence-electron chi connectivity index (χ3n) is 4.95. The molecular formula is C18H27N3O4. The normalized spacial score (nSPS) is 22.1. The highest BCUT2D eigenvalue weighted by atomic mass is 16.5. The van der Waals surface area contributed by atoms with E-state index in [1.54, 1.807) is 13.0 Å². The number of carbonyl (C=O) groups is 1. The molecule has 2 saturated heterocycles. The Kier molecular flexibility index (Phi) is 6.20. The van der Waals surface area contributed by atoms with Crippen LogP contribution >= 0.6 is 0 Å². The van der Waals surface area contributed by atoms with Crippen molar-refractivity contribution < 1.29 is 14.3 Å². The summed E-state index contributed by atoms with van der Waals surface area (Å²) in [5.74, 6) is 0.908. The summed E-state index contributed by atoms with van der Waals surface area (Å²) in [6.07, 6.45) is 5.10. The zero-order valence-corrected chi connectivity index (χ0v) is 14.8. The zero-order valence-electron chi connectivity index (χ0n) is 14.8. The van der Waals surface area contributed by atoms with Crippen LogP contribution in [0.3, 0.4) is 0 Å². The summed E-state index contributed by atoms with van der Waals surface area (Å²) < 4.78 is 11.2. The fourth-order valence-electron chi connectivity index (χ4n) is 3.54. The summed E-state index contributed by atoms with van der Waals surface area (Å²) in [6.45, 7) is 4.56. The Hall–Kier alpha value is -1.73. The van der Waals surface area contributed by atoms with E-state index in [0.29, 0.717) is 25.5 Å². The minimum Gasteiger partial charge on any atom is -0.376 e. The molecule has 1 aromatic rings. The van der Waals surface area contributed by atoms with E-state index in [2.05, 4.69) is 9.97 Å². The molecule has 3 heterocycles. The molecule has 0 saturated carbocycles. The van der Waals surface area contributed by atoms with Gasteiger partial charge in [-0.05, 0) is 39.0 Å².